The summed E-state index contributed by atoms with van der Waals surface area (Å²) in [6.45, 7) is 8.09. The molecule has 1 aliphatic rings. The van der Waals surface area contributed by atoms with Crippen LogP contribution < -0.4 is 10.1 Å². The number of nitrogens with one attached hydrogen (secondary N) is 1. The van der Waals surface area contributed by atoms with Crippen LogP contribution in [0, 0.1) is 13.8 Å². The first-order valence-electron chi connectivity index (χ1n) is 10.0. The molecule has 1 N–H and O–H groups in total. The molecule has 5 heteroatoms. The molecule has 1 amide bonds. The molecule has 29 heavy (non-hydrogen) atoms. The van der Waals surface area contributed by atoms with Crippen LogP contribution in [0.4, 0.5) is 0 Å². The molecule has 1 unspecified atom stereocenters. The van der Waals surface area contributed by atoms with Crippen LogP contribution >= 0.6 is 0 Å². The zero-order valence-corrected chi connectivity index (χ0v) is 17.5. The smallest absolute Gasteiger partial charge is 0.244 e. The van der Waals surface area contributed by atoms with Gasteiger partial charge in [-0.25, -0.2) is 0 Å². The summed E-state index contributed by atoms with van der Waals surface area (Å²) < 4.78 is 10.8. The number of carbonyl (C=O) groups is 1. The molecule has 0 saturated carbocycles. The fraction of sp³-hybridized carbons (Fsp3) is 0.375. The number of nitrogens with zero attached hydrogens (tertiary/aromatic N) is 1. The molecule has 1 heterocycles. The molecule has 5 nitrogen and oxygen atoms in total. The summed E-state index contributed by atoms with van der Waals surface area (Å²) in [4.78, 5) is 15.0. The van der Waals surface area contributed by atoms with Crippen LogP contribution in [0.5, 0.6) is 5.75 Å². The Hall–Kier alpha value is -2.63. The van der Waals surface area contributed by atoms with Gasteiger partial charge >= 0.3 is 0 Å². The fourth-order valence-corrected chi connectivity index (χ4v) is 3.44. The SMILES string of the molecule is COc1ccc(C)cc1/C=C/C(=O)NC(CN1CCOCC1)c1ccc(C)cc1. The number of carbonyl (C=O) groups excluding carboxylic acids is 1. The molecule has 1 saturated heterocycles. The van der Waals surface area contributed by atoms with E-state index < -0.39 is 0 Å². The highest BCUT2D eigenvalue weighted by Gasteiger charge is 2.19. The van der Waals surface area contributed by atoms with Crippen molar-refractivity contribution in [2.45, 2.75) is 19.9 Å². The van der Waals surface area contributed by atoms with E-state index in [2.05, 4.69) is 41.4 Å². The highest BCUT2D eigenvalue weighted by Crippen LogP contribution is 2.21. The van der Waals surface area contributed by atoms with Gasteiger partial charge in [0.05, 0.1) is 26.4 Å². The van der Waals surface area contributed by atoms with Gasteiger partial charge in [-0.15, -0.1) is 0 Å². The second kappa shape index (κ2) is 10.2. The third-order valence-corrected chi connectivity index (χ3v) is 5.14. The van der Waals surface area contributed by atoms with E-state index in [1.165, 1.54) is 5.56 Å². The maximum absolute atomic E-state index is 12.7. The Labute approximate surface area is 173 Å². The molecule has 2 aromatic carbocycles. The molecule has 1 fully saturated rings. The first kappa shape index (κ1) is 21.1. The highest BCUT2D eigenvalue weighted by molar-refractivity contribution is 5.92. The summed E-state index contributed by atoms with van der Waals surface area (Å²) in [6, 6.07) is 14.2. The van der Waals surface area contributed by atoms with E-state index in [1.807, 2.05) is 31.2 Å². The van der Waals surface area contributed by atoms with Gasteiger partial charge in [-0.3, -0.25) is 9.69 Å². The average Bonchev–Trinajstić information content (AvgIpc) is 2.73. The van der Waals surface area contributed by atoms with Gasteiger partial charge < -0.3 is 14.8 Å². The normalized spacial score (nSPS) is 16.0. The maximum Gasteiger partial charge on any atom is 0.244 e. The first-order valence-corrected chi connectivity index (χ1v) is 10.0. The Bertz CT molecular complexity index is 840. The lowest BCUT2D eigenvalue weighted by Gasteiger charge is -2.31. The van der Waals surface area contributed by atoms with Gasteiger partial charge in [-0.1, -0.05) is 41.5 Å². The van der Waals surface area contributed by atoms with Gasteiger partial charge in [0.1, 0.15) is 5.75 Å². The summed E-state index contributed by atoms with van der Waals surface area (Å²) in [5.74, 6) is 0.635. The Morgan fingerprint density at radius 1 is 1.14 bits per heavy atom. The predicted octanol–water partition coefficient (Wildman–Crippen LogP) is 3.51. The van der Waals surface area contributed by atoms with E-state index in [-0.39, 0.29) is 11.9 Å². The molecule has 0 bridgehead atoms. The zero-order chi connectivity index (χ0) is 20.6. The number of amides is 1. The number of rotatable bonds is 7. The van der Waals surface area contributed by atoms with Crippen molar-refractivity contribution in [3.05, 3.63) is 70.8 Å². The second-order valence-electron chi connectivity index (χ2n) is 7.46. The molecule has 2 aromatic rings. The van der Waals surface area contributed by atoms with Crippen molar-refractivity contribution in [3.8, 4) is 5.75 Å². The van der Waals surface area contributed by atoms with Crippen molar-refractivity contribution in [2.24, 2.45) is 0 Å². The molecule has 0 aliphatic carbocycles. The summed E-state index contributed by atoms with van der Waals surface area (Å²) in [6.07, 6.45) is 3.39. The number of methoxy groups -OCH3 is 1. The lowest BCUT2D eigenvalue weighted by atomic mass is 10.0. The average molecular weight is 395 g/mol. The van der Waals surface area contributed by atoms with E-state index >= 15 is 0 Å². The van der Waals surface area contributed by atoms with Crippen LogP contribution in [0.15, 0.2) is 48.5 Å². The lowest BCUT2D eigenvalue weighted by molar-refractivity contribution is -0.117. The maximum atomic E-state index is 12.7. The van der Waals surface area contributed by atoms with Gasteiger partial charge in [0.15, 0.2) is 0 Å². The molecule has 1 atom stereocenters. The van der Waals surface area contributed by atoms with Gasteiger partial charge in [0.25, 0.3) is 0 Å². The Morgan fingerprint density at radius 2 is 1.83 bits per heavy atom. The molecule has 3 rings (SSSR count). The number of morpholine rings is 1. The number of hydrogen-bond donors (Lipinski definition) is 1. The Balaban J connectivity index is 1.73. The zero-order valence-electron chi connectivity index (χ0n) is 17.5. The Morgan fingerprint density at radius 3 is 2.52 bits per heavy atom. The fourth-order valence-electron chi connectivity index (χ4n) is 3.44. The van der Waals surface area contributed by atoms with Gasteiger partial charge in [-0.2, -0.15) is 0 Å². The number of hydrogen-bond acceptors (Lipinski definition) is 4. The van der Waals surface area contributed by atoms with E-state index in [0.717, 1.165) is 55.3 Å². The molecular weight excluding hydrogens is 364 g/mol. The van der Waals surface area contributed by atoms with Crippen LogP contribution in [0.2, 0.25) is 0 Å². The predicted molar refractivity (Wildman–Crippen MR) is 116 cm³/mol. The van der Waals surface area contributed by atoms with Crippen LogP contribution in [-0.4, -0.2) is 50.8 Å². The third kappa shape index (κ3) is 6.17. The van der Waals surface area contributed by atoms with Gasteiger partial charge in [-0.05, 0) is 37.6 Å². The Kier molecular flexibility index (Phi) is 7.44. The number of benzene rings is 2. The van der Waals surface area contributed by atoms with Crippen LogP contribution in [-0.2, 0) is 9.53 Å². The van der Waals surface area contributed by atoms with E-state index in [4.69, 9.17) is 9.47 Å². The first-order chi connectivity index (χ1) is 14.0. The molecule has 0 radical (unpaired) electrons. The highest BCUT2D eigenvalue weighted by atomic mass is 16.5. The monoisotopic (exact) mass is 394 g/mol. The van der Waals surface area contributed by atoms with Crippen LogP contribution in [0.3, 0.4) is 0 Å². The second-order valence-corrected chi connectivity index (χ2v) is 7.46. The van der Waals surface area contributed by atoms with Crippen molar-refractivity contribution < 1.29 is 14.3 Å². The van der Waals surface area contributed by atoms with Crippen molar-refractivity contribution >= 4 is 12.0 Å². The molecular formula is C24H30N2O3. The third-order valence-electron chi connectivity index (χ3n) is 5.14. The number of ether oxygens (including phenoxy) is 2. The molecule has 1 aliphatic heterocycles. The van der Waals surface area contributed by atoms with Gasteiger partial charge in [0, 0.05) is 31.3 Å². The van der Waals surface area contributed by atoms with Crippen LogP contribution in [0.25, 0.3) is 6.08 Å². The summed E-state index contributed by atoms with van der Waals surface area (Å²) >= 11 is 0. The largest absolute Gasteiger partial charge is 0.496 e. The topological polar surface area (TPSA) is 50.8 Å². The van der Waals surface area contributed by atoms with Crippen molar-refractivity contribution in [1.29, 1.82) is 0 Å². The summed E-state index contributed by atoms with van der Waals surface area (Å²) in [7, 11) is 1.64. The van der Waals surface area contributed by atoms with Crippen LogP contribution in [0.1, 0.15) is 28.3 Å². The minimum atomic E-state index is -0.118. The molecule has 154 valence electrons. The summed E-state index contributed by atoms with van der Waals surface area (Å²) in [5, 5.41) is 3.17. The molecule has 0 aromatic heterocycles. The minimum Gasteiger partial charge on any atom is -0.496 e. The lowest BCUT2D eigenvalue weighted by Crippen LogP contribution is -2.42. The number of aryl methyl sites for hydroxylation is 2. The minimum absolute atomic E-state index is 0.0785. The van der Waals surface area contributed by atoms with Crippen molar-refractivity contribution in [1.82, 2.24) is 10.2 Å². The standard InChI is InChI=1S/C24H30N2O3/c1-18-4-7-20(8-5-18)22(17-26-12-14-29-15-13-26)25-24(27)11-9-21-16-19(2)6-10-23(21)28-3/h4-11,16,22H,12-15,17H2,1-3H3,(H,25,27)/b11-9+. The van der Waals surface area contributed by atoms with Crippen molar-refractivity contribution in [2.75, 3.05) is 40.0 Å². The van der Waals surface area contributed by atoms with E-state index in [1.54, 1.807) is 13.2 Å². The summed E-state index contributed by atoms with van der Waals surface area (Å²) in [5.41, 5.74) is 4.33. The van der Waals surface area contributed by atoms with E-state index in [0.29, 0.717) is 0 Å². The molecule has 0 spiro atoms. The van der Waals surface area contributed by atoms with E-state index in [9.17, 15) is 4.79 Å². The van der Waals surface area contributed by atoms with Crippen molar-refractivity contribution in [3.63, 3.8) is 0 Å². The van der Waals surface area contributed by atoms with Gasteiger partial charge in [0.2, 0.25) is 5.91 Å². The quantitative estimate of drug-likeness (QED) is 0.730.